The van der Waals surface area contributed by atoms with Crippen LogP contribution in [0.5, 0.6) is 0 Å². The van der Waals surface area contributed by atoms with Gasteiger partial charge in [-0.15, -0.1) is 0 Å². The van der Waals surface area contributed by atoms with Gasteiger partial charge in [-0.2, -0.15) is 0 Å². The molecular formula is C30H42N4O. The van der Waals surface area contributed by atoms with Gasteiger partial charge in [0.15, 0.2) is 0 Å². The summed E-state index contributed by atoms with van der Waals surface area (Å²) in [5.74, 6) is 0.577. The Morgan fingerprint density at radius 2 is 1.51 bits per heavy atom. The van der Waals surface area contributed by atoms with Gasteiger partial charge in [-0.3, -0.25) is 14.6 Å². The average molecular weight is 475 g/mol. The highest BCUT2D eigenvalue weighted by Gasteiger charge is 2.30. The van der Waals surface area contributed by atoms with Crippen LogP contribution in [0.1, 0.15) is 37.8 Å². The molecular weight excluding hydrogens is 432 g/mol. The van der Waals surface area contributed by atoms with E-state index < -0.39 is 0 Å². The number of piperazine rings is 1. The Balaban J connectivity index is 1.17. The van der Waals surface area contributed by atoms with Crippen molar-refractivity contribution in [3.05, 3.63) is 71.8 Å². The van der Waals surface area contributed by atoms with E-state index in [-0.39, 0.29) is 5.92 Å². The van der Waals surface area contributed by atoms with Crippen LogP contribution in [-0.2, 0) is 11.3 Å². The second-order valence-electron chi connectivity index (χ2n) is 9.83. The first-order chi connectivity index (χ1) is 17.2. The molecule has 2 saturated heterocycles. The van der Waals surface area contributed by atoms with Gasteiger partial charge in [0.2, 0.25) is 5.91 Å². The summed E-state index contributed by atoms with van der Waals surface area (Å²) in [4.78, 5) is 22.6. The molecule has 0 saturated carbocycles. The summed E-state index contributed by atoms with van der Waals surface area (Å²) in [6.45, 7) is 14.1. The van der Waals surface area contributed by atoms with E-state index in [2.05, 4.69) is 94.1 Å². The fourth-order valence-corrected chi connectivity index (χ4v) is 5.31. The molecule has 0 unspecified atom stereocenters. The third-order valence-corrected chi connectivity index (χ3v) is 7.57. The van der Waals surface area contributed by atoms with Gasteiger partial charge < -0.3 is 9.80 Å². The maximum Gasteiger partial charge on any atom is 0.225 e. The van der Waals surface area contributed by atoms with Crippen molar-refractivity contribution in [1.29, 1.82) is 0 Å². The Morgan fingerprint density at radius 3 is 2.14 bits per heavy atom. The molecule has 35 heavy (non-hydrogen) atoms. The van der Waals surface area contributed by atoms with Crippen LogP contribution >= 0.6 is 0 Å². The molecule has 5 heteroatoms. The van der Waals surface area contributed by atoms with Crippen molar-refractivity contribution >= 4 is 17.7 Å². The maximum absolute atomic E-state index is 13.2. The lowest BCUT2D eigenvalue weighted by atomic mass is 9.94. The number of benzene rings is 2. The van der Waals surface area contributed by atoms with Crippen LogP contribution in [0, 0.1) is 5.92 Å². The molecule has 2 aromatic rings. The van der Waals surface area contributed by atoms with Crippen LogP contribution in [0.25, 0.3) is 6.08 Å². The van der Waals surface area contributed by atoms with Crippen LogP contribution in [0.2, 0.25) is 0 Å². The summed E-state index contributed by atoms with van der Waals surface area (Å²) in [5, 5.41) is 0. The second kappa shape index (κ2) is 12.9. The Morgan fingerprint density at radius 1 is 0.857 bits per heavy atom. The number of nitrogens with zero attached hydrogens (tertiary/aromatic N) is 4. The standard InChI is InChI=1S/C30H42N4O/c1-3-33(4-2)29-14-12-27(13-15-29)25-32-19-16-28(17-20-32)30(35)34-23-21-31(22-24-34)18-8-11-26-9-6-5-7-10-26/h5-15,28H,3-4,16-25H2,1-2H3/b11-8+. The molecule has 2 aliphatic rings. The van der Waals surface area contributed by atoms with Gasteiger partial charge in [-0.1, -0.05) is 54.6 Å². The highest BCUT2D eigenvalue weighted by atomic mass is 16.2. The smallest absolute Gasteiger partial charge is 0.225 e. The number of carbonyl (C=O) groups is 1. The van der Waals surface area contributed by atoms with E-state index in [0.717, 1.165) is 78.3 Å². The molecule has 5 nitrogen and oxygen atoms in total. The second-order valence-corrected chi connectivity index (χ2v) is 9.83. The predicted octanol–water partition coefficient (Wildman–Crippen LogP) is 4.60. The largest absolute Gasteiger partial charge is 0.372 e. The number of piperidine rings is 1. The van der Waals surface area contributed by atoms with Crippen molar-refractivity contribution in [2.75, 3.05) is 63.8 Å². The zero-order chi connectivity index (χ0) is 24.5. The number of hydrogen-bond acceptors (Lipinski definition) is 4. The van der Waals surface area contributed by atoms with E-state index in [0.29, 0.717) is 5.91 Å². The van der Waals surface area contributed by atoms with E-state index in [9.17, 15) is 4.79 Å². The fourth-order valence-electron chi connectivity index (χ4n) is 5.31. The highest BCUT2D eigenvalue weighted by molar-refractivity contribution is 5.79. The Bertz CT molecular complexity index is 923. The summed E-state index contributed by atoms with van der Waals surface area (Å²) in [6.07, 6.45) is 6.39. The van der Waals surface area contributed by atoms with Gasteiger partial charge in [-0.25, -0.2) is 0 Å². The molecule has 0 radical (unpaired) electrons. The molecule has 0 aliphatic carbocycles. The zero-order valence-electron chi connectivity index (χ0n) is 21.6. The number of likely N-dealkylation sites (tertiary alicyclic amines) is 1. The molecule has 2 heterocycles. The maximum atomic E-state index is 13.2. The van der Waals surface area contributed by atoms with Gasteiger partial charge in [0, 0.05) is 64.0 Å². The van der Waals surface area contributed by atoms with Crippen LogP contribution in [0.4, 0.5) is 5.69 Å². The van der Waals surface area contributed by atoms with Crippen LogP contribution < -0.4 is 4.90 Å². The first kappa shape index (κ1) is 25.5. The van der Waals surface area contributed by atoms with Crippen molar-refractivity contribution < 1.29 is 4.79 Å². The average Bonchev–Trinajstić information content (AvgIpc) is 2.91. The van der Waals surface area contributed by atoms with Crippen molar-refractivity contribution in [1.82, 2.24) is 14.7 Å². The number of carbonyl (C=O) groups excluding carboxylic acids is 1. The lowest BCUT2D eigenvalue weighted by molar-refractivity contribution is -0.138. The Kier molecular flexibility index (Phi) is 9.38. The minimum absolute atomic E-state index is 0.195. The molecule has 0 spiro atoms. The molecule has 0 N–H and O–H groups in total. The minimum Gasteiger partial charge on any atom is -0.372 e. The zero-order valence-corrected chi connectivity index (χ0v) is 21.6. The number of rotatable bonds is 9. The first-order valence-electron chi connectivity index (χ1n) is 13.4. The normalized spacial score (nSPS) is 18.3. The van der Waals surface area contributed by atoms with Crippen LogP contribution in [0.3, 0.4) is 0 Å². The molecule has 4 rings (SSSR count). The SMILES string of the molecule is CCN(CC)c1ccc(CN2CCC(C(=O)N3CCN(C/C=C/c4ccccc4)CC3)CC2)cc1. The molecule has 188 valence electrons. The first-order valence-corrected chi connectivity index (χ1v) is 13.4. The quantitative estimate of drug-likeness (QED) is 0.531. The van der Waals surface area contributed by atoms with E-state index >= 15 is 0 Å². The van der Waals surface area contributed by atoms with Gasteiger partial charge in [0.1, 0.15) is 0 Å². The van der Waals surface area contributed by atoms with Crippen molar-refractivity contribution in [2.45, 2.75) is 33.2 Å². The third kappa shape index (κ3) is 7.18. The van der Waals surface area contributed by atoms with Crippen molar-refractivity contribution in [3.63, 3.8) is 0 Å². The van der Waals surface area contributed by atoms with E-state index in [1.54, 1.807) is 0 Å². The van der Waals surface area contributed by atoms with E-state index in [4.69, 9.17) is 0 Å². The minimum atomic E-state index is 0.195. The van der Waals surface area contributed by atoms with Gasteiger partial charge >= 0.3 is 0 Å². The summed E-state index contributed by atoms with van der Waals surface area (Å²) in [5.41, 5.74) is 3.91. The van der Waals surface area contributed by atoms with Crippen LogP contribution in [0.15, 0.2) is 60.7 Å². The summed E-state index contributed by atoms with van der Waals surface area (Å²) >= 11 is 0. The topological polar surface area (TPSA) is 30.0 Å². The number of anilines is 1. The molecule has 2 aliphatic heterocycles. The Labute approximate surface area is 212 Å². The summed E-state index contributed by atoms with van der Waals surface area (Å²) in [6, 6.07) is 19.5. The summed E-state index contributed by atoms with van der Waals surface area (Å²) < 4.78 is 0. The summed E-state index contributed by atoms with van der Waals surface area (Å²) in [7, 11) is 0. The Hall–Kier alpha value is -2.63. The molecule has 0 aromatic heterocycles. The highest BCUT2D eigenvalue weighted by Crippen LogP contribution is 2.23. The molecule has 0 bridgehead atoms. The number of amides is 1. The van der Waals surface area contributed by atoms with E-state index in [1.165, 1.54) is 16.8 Å². The third-order valence-electron chi connectivity index (χ3n) is 7.57. The predicted molar refractivity (Wildman–Crippen MR) is 146 cm³/mol. The van der Waals surface area contributed by atoms with Crippen molar-refractivity contribution in [2.24, 2.45) is 5.92 Å². The molecule has 2 fully saturated rings. The van der Waals surface area contributed by atoms with Gasteiger partial charge in [-0.05, 0) is 63.0 Å². The van der Waals surface area contributed by atoms with Gasteiger partial charge in [0.05, 0.1) is 0 Å². The van der Waals surface area contributed by atoms with Gasteiger partial charge in [0.25, 0.3) is 0 Å². The molecule has 0 atom stereocenters. The van der Waals surface area contributed by atoms with Crippen LogP contribution in [-0.4, -0.2) is 79.5 Å². The lowest BCUT2D eigenvalue weighted by Crippen LogP contribution is -2.51. The fraction of sp³-hybridized carbons (Fsp3) is 0.500. The number of hydrogen-bond donors (Lipinski definition) is 0. The lowest BCUT2D eigenvalue weighted by Gasteiger charge is -2.38. The van der Waals surface area contributed by atoms with Crippen molar-refractivity contribution in [3.8, 4) is 0 Å². The molecule has 1 amide bonds. The monoisotopic (exact) mass is 474 g/mol. The van der Waals surface area contributed by atoms with E-state index in [1.807, 2.05) is 6.07 Å². The molecule has 2 aromatic carbocycles.